The van der Waals surface area contributed by atoms with Gasteiger partial charge < -0.3 is 9.84 Å². The molecule has 0 saturated carbocycles. The van der Waals surface area contributed by atoms with E-state index in [1.165, 1.54) is 0 Å². The molecule has 0 radical (unpaired) electrons. The lowest BCUT2D eigenvalue weighted by atomic mass is 9.96. The summed E-state index contributed by atoms with van der Waals surface area (Å²) in [6, 6.07) is 5.59. The highest BCUT2D eigenvalue weighted by atomic mass is 79.9. The summed E-state index contributed by atoms with van der Waals surface area (Å²) in [5.74, 6) is -1.35. The number of methoxy groups -OCH3 is 1. The maximum absolute atomic E-state index is 10.9. The molecule has 0 saturated heterocycles. The predicted octanol–water partition coefficient (Wildman–Crippen LogP) is 2.78. The minimum atomic E-state index is -0.828. The van der Waals surface area contributed by atoms with Crippen molar-refractivity contribution in [1.82, 2.24) is 0 Å². The van der Waals surface area contributed by atoms with Gasteiger partial charge in [0.05, 0.1) is 12.5 Å². The van der Waals surface area contributed by atoms with Gasteiger partial charge in [0.2, 0.25) is 0 Å². The van der Waals surface area contributed by atoms with Crippen LogP contribution >= 0.6 is 15.9 Å². The van der Waals surface area contributed by atoms with E-state index in [1.54, 1.807) is 14.0 Å². The van der Waals surface area contributed by atoms with Crippen molar-refractivity contribution < 1.29 is 14.6 Å². The Morgan fingerprint density at radius 1 is 1.60 bits per heavy atom. The maximum Gasteiger partial charge on any atom is 0.310 e. The van der Waals surface area contributed by atoms with E-state index in [2.05, 4.69) is 15.9 Å². The Kier molecular flexibility index (Phi) is 4.29. The van der Waals surface area contributed by atoms with Gasteiger partial charge in [-0.05, 0) is 30.2 Å². The average molecular weight is 273 g/mol. The van der Waals surface area contributed by atoms with Crippen LogP contribution in [0.25, 0.3) is 0 Å². The number of rotatable bonds is 4. The lowest BCUT2D eigenvalue weighted by Crippen LogP contribution is -2.10. The van der Waals surface area contributed by atoms with Crippen LogP contribution in [0.15, 0.2) is 22.7 Å². The molecule has 1 unspecified atom stereocenters. The molecule has 1 N–H and O–H groups in total. The van der Waals surface area contributed by atoms with E-state index in [4.69, 9.17) is 9.84 Å². The van der Waals surface area contributed by atoms with E-state index >= 15 is 0 Å². The third kappa shape index (κ3) is 3.04. The SMILES string of the molecule is COCc1ccc(Br)cc1C(C)C(=O)O. The van der Waals surface area contributed by atoms with Gasteiger partial charge >= 0.3 is 5.97 Å². The fraction of sp³-hybridized carbons (Fsp3) is 0.364. The molecule has 0 aliphatic carbocycles. The van der Waals surface area contributed by atoms with Crippen molar-refractivity contribution in [2.75, 3.05) is 7.11 Å². The minimum absolute atomic E-state index is 0.431. The summed E-state index contributed by atoms with van der Waals surface area (Å²) in [5.41, 5.74) is 1.70. The fourth-order valence-corrected chi connectivity index (χ4v) is 1.77. The molecule has 0 amide bonds. The second-order valence-electron chi connectivity index (χ2n) is 3.34. The zero-order valence-electron chi connectivity index (χ0n) is 8.66. The highest BCUT2D eigenvalue weighted by Gasteiger charge is 2.17. The third-order valence-electron chi connectivity index (χ3n) is 2.24. The van der Waals surface area contributed by atoms with Crippen molar-refractivity contribution in [3.8, 4) is 0 Å². The van der Waals surface area contributed by atoms with Gasteiger partial charge in [0.15, 0.2) is 0 Å². The number of halogens is 1. The number of carboxylic acids is 1. The van der Waals surface area contributed by atoms with Crippen LogP contribution in [0.1, 0.15) is 24.0 Å². The molecule has 4 heteroatoms. The molecule has 0 fully saturated rings. The van der Waals surface area contributed by atoms with Crippen molar-refractivity contribution in [2.45, 2.75) is 19.4 Å². The van der Waals surface area contributed by atoms with Crippen LogP contribution < -0.4 is 0 Å². The van der Waals surface area contributed by atoms with Crippen molar-refractivity contribution >= 4 is 21.9 Å². The summed E-state index contributed by atoms with van der Waals surface area (Å²) in [5, 5.41) is 8.96. The molecule has 1 aromatic rings. The van der Waals surface area contributed by atoms with Crippen LogP contribution in [-0.4, -0.2) is 18.2 Å². The molecule has 1 aromatic carbocycles. The van der Waals surface area contributed by atoms with E-state index in [-0.39, 0.29) is 0 Å². The minimum Gasteiger partial charge on any atom is -0.481 e. The first kappa shape index (κ1) is 12.2. The molecule has 0 aliphatic rings. The Balaban J connectivity index is 3.11. The lowest BCUT2D eigenvalue weighted by molar-refractivity contribution is -0.138. The molecule has 0 aromatic heterocycles. The molecule has 0 spiro atoms. The van der Waals surface area contributed by atoms with E-state index in [1.807, 2.05) is 18.2 Å². The van der Waals surface area contributed by atoms with Gasteiger partial charge in [0.25, 0.3) is 0 Å². The van der Waals surface area contributed by atoms with E-state index in [0.717, 1.165) is 15.6 Å². The van der Waals surface area contributed by atoms with Crippen molar-refractivity contribution in [2.24, 2.45) is 0 Å². The van der Waals surface area contributed by atoms with E-state index < -0.39 is 11.9 Å². The van der Waals surface area contributed by atoms with Crippen molar-refractivity contribution in [1.29, 1.82) is 0 Å². The predicted molar refractivity (Wildman–Crippen MR) is 60.9 cm³/mol. The van der Waals surface area contributed by atoms with Gasteiger partial charge in [-0.3, -0.25) is 4.79 Å². The van der Waals surface area contributed by atoms with Gasteiger partial charge in [-0.25, -0.2) is 0 Å². The molecule has 0 aliphatic heterocycles. The Bertz CT molecular complexity index is 363. The summed E-state index contributed by atoms with van der Waals surface area (Å²) in [4.78, 5) is 10.9. The zero-order valence-corrected chi connectivity index (χ0v) is 10.2. The molecular formula is C11H13BrO3. The highest BCUT2D eigenvalue weighted by Crippen LogP contribution is 2.24. The number of benzene rings is 1. The average Bonchev–Trinajstić information content (AvgIpc) is 2.20. The van der Waals surface area contributed by atoms with Crippen molar-refractivity contribution in [3.63, 3.8) is 0 Å². The standard InChI is InChI=1S/C11H13BrO3/c1-7(11(13)14)10-5-9(12)4-3-8(10)6-15-2/h3-5,7H,6H2,1-2H3,(H,13,14). The largest absolute Gasteiger partial charge is 0.481 e. The second-order valence-corrected chi connectivity index (χ2v) is 4.25. The summed E-state index contributed by atoms with van der Waals surface area (Å²) < 4.78 is 5.91. The molecular weight excluding hydrogens is 260 g/mol. The van der Waals surface area contributed by atoms with Crippen molar-refractivity contribution in [3.05, 3.63) is 33.8 Å². The van der Waals surface area contributed by atoms with Gasteiger partial charge in [0, 0.05) is 11.6 Å². The first-order valence-corrected chi connectivity index (χ1v) is 5.35. The summed E-state index contributed by atoms with van der Waals surface area (Å²) >= 11 is 3.33. The molecule has 0 heterocycles. The first-order chi connectivity index (χ1) is 7.06. The summed E-state index contributed by atoms with van der Waals surface area (Å²) in [7, 11) is 1.59. The Hall–Kier alpha value is -0.870. The lowest BCUT2D eigenvalue weighted by Gasteiger charge is -2.13. The van der Waals surface area contributed by atoms with Crippen LogP contribution in [0.4, 0.5) is 0 Å². The highest BCUT2D eigenvalue weighted by molar-refractivity contribution is 9.10. The molecule has 1 atom stereocenters. The Labute approximate surface area is 97.2 Å². The quantitative estimate of drug-likeness (QED) is 0.917. The van der Waals surface area contributed by atoms with Gasteiger partial charge in [-0.1, -0.05) is 22.0 Å². The smallest absolute Gasteiger partial charge is 0.310 e. The first-order valence-electron chi connectivity index (χ1n) is 4.56. The van der Waals surface area contributed by atoms with E-state index in [0.29, 0.717) is 6.61 Å². The van der Waals surface area contributed by atoms with Crippen LogP contribution in [0.5, 0.6) is 0 Å². The number of aliphatic carboxylic acids is 1. The zero-order chi connectivity index (χ0) is 11.4. The molecule has 0 bridgehead atoms. The monoisotopic (exact) mass is 272 g/mol. The second kappa shape index (κ2) is 5.28. The van der Waals surface area contributed by atoms with Crippen LogP contribution in [0.3, 0.4) is 0 Å². The Morgan fingerprint density at radius 2 is 2.27 bits per heavy atom. The summed E-state index contributed by atoms with van der Waals surface area (Å²) in [6.07, 6.45) is 0. The van der Waals surface area contributed by atoms with Gasteiger partial charge in [-0.15, -0.1) is 0 Å². The number of carbonyl (C=O) groups is 1. The third-order valence-corrected chi connectivity index (χ3v) is 2.74. The summed E-state index contributed by atoms with van der Waals surface area (Å²) in [6.45, 7) is 2.10. The van der Waals surface area contributed by atoms with E-state index in [9.17, 15) is 4.79 Å². The molecule has 1 rings (SSSR count). The Morgan fingerprint density at radius 3 is 2.80 bits per heavy atom. The van der Waals surface area contributed by atoms with Gasteiger partial charge in [0.1, 0.15) is 0 Å². The fourth-order valence-electron chi connectivity index (χ4n) is 1.39. The molecule has 3 nitrogen and oxygen atoms in total. The van der Waals surface area contributed by atoms with Crippen LogP contribution in [0, 0.1) is 0 Å². The molecule has 82 valence electrons. The molecule has 15 heavy (non-hydrogen) atoms. The number of hydrogen-bond acceptors (Lipinski definition) is 2. The normalized spacial score (nSPS) is 12.5. The number of ether oxygens (including phenoxy) is 1. The number of carboxylic acid groups (broad SMARTS) is 1. The number of hydrogen-bond donors (Lipinski definition) is 1. The van der Waals surface area contributed by atoms with Crippen LogP contribution in [0.2, 0.25) is 0 Å². The van der Waals surface area contributed by atoms with Crippen LogP contribution in [-0.2, 0) is 16.1 Å². The topological polar surface area (TPSA) is 46.5 Å². The maximum atomic E-state index is 10.9. The van der Waals surface area contributed by atoms with Gasteiger partial charge in [-0.2, -0.15) is 0 Å².